The van der Waals surface area contributed by atoms with Crippen LogP contribution in [0.5, 0.6) is 0 Å². The third-order valence-corrected chi connectivity index (χ3v) is 4.13. The van der Waals surface area contributed by atoms with Gasteiger partial charge in [-0.1, -0.05) is 12.1 Å². The average molecular weight is 411 g/mol. The average Bonchev–Trinajstić information content (AvgIpc) is 2.50. The summed E-state index contributed by atoms with van der Waals surface area (Å²) in [4.78, 5) is 15.1. The number of fused-ring (bicyclic) bond motifs is 1. The Balaban J connectivity index is 2.38. The fourth-order valence-corrected chi connectivity index (χ4v) is 2.74. The van der Waals surface area contributed by atoms with Crippen LogP contribution >= 0.6 is 22.6 Å². The summed E-state index contributed by atoms with van der Waals surface area (Å²) in [6.45, 7) is 0. The Morgan fingerprint density at radius 2 is 1.91 bits per heavy atom. The molecule has 1 aromatic heterocycles. The van der Waals surface area contributed by atoms with Crippen LogP contribution < -0.4 is 0 Å². The molecule has 0 aliphatic rings. The van der Waals surface area contributed by atoms with Crippen molar-refractivity contribution in [2.45, 2.75) is 0 Å². The van der Waals surface area contributed by atoms with E-state index in [1.54, 1.807) is 12.1 Å². The molecule has 0 saturated carbocycles. The molecule has 3 nitrogen and oxygen atoms in total. The van der Waals surface area contributed by atoms with Crippen LogP contribution in [0.25, 0.3) is 22.0 Å². The van der Waals surface area contributed by atoms with E-state index in [1.165, 1.54) is 24.3 Å². The largest absolute Gasteiger partial charge is 0.478 e. The van der Waals surface area contributed by atoms with E-state index >= 15 is 0 Å². The van der Waals surface area contributed by atoms with E-state index in [-0.39, 0.29) is 27.6 Å². The molecular formula is C16H8F2INO2. The number of hydrogen-bond donors (Lipinski definition) is 1. The quantitative estimate of drug-likeness (QED) is 0.633. The van der Waals surface area contributed by atoms with Gasteiger partial charge in [0, 0.05) is 19.9 Å². The SMILES string of the molecule is O=C(O)c1ccc2c(F)cnc(-c3cccc(I)c3F)c2c1. The summed E-state index contributed by atoms with van der Waals surface area (Å²) in [5.41, 5.74) is 0.419. The Morgan fingerprint density at radius 1 is 1.14 bits per heavy atom. The van der Waals surface area contributed by atoms with Gasteiger partial charge in [-0.3, -0.25) is 4.98 Å². The van der Waals surface area contributed by atoms with Crippen LogP contribution in [0.15, 0.2) is 42.6 Å². The third kappa shape index (κ3) is 2.43. The zero-order chi connectivity index (χ0) is 15.9. The van der Waals surface area contributed by atoms with E-state index < -0.39 is 17.6 Å². The van der Waals surface area contributed by atoms with Crippen molar-refractivity contribution in [3.05, 3.63) is 63.4 Å². The Bertz CT molecular complexity index is 912. The molecule has 0 radical (unpaired) electrons. The molecule has 0 spiro atoms. The maximum absolute atomic E-state index is 14.3. The molecule has 3 aromatic rings. The molecule has 3 rings (SSSR count). The highest BCUT2D eigenvalue weighted by molar-refractivity contribution is 14.1. The molecule has 0 amide bonds. The molecule has 2 aromatic carbocycles. The second-order valence-corrected chi connectivity index (χ2v) is 5.78. The van der Waals surface area contributed by atoms with Gasteiger partial charge in [-0.15, -0.1) is 0 Å². The second kappa shape index (κ2) is 5.60. The molecule has 1 heterocycles. The number of aromatic nitrogens is 1. The topological polar surface area (TPSA) is 50.2 Å². The molecule has 0 aliphatic heterocycles. The minimum atomic E-state index is -1.14. The van der Waals surface area contributed by atoms with Crippen molar-refractivity contribution in [3.8, 4) is 11.3 Å². The highest BCUT2D eigenvalue weighted by atomic mass is 127. The van der Waals surface area contributed by atoms with Gasteiger partial charge in [0.15, 0.2) is 0 Å². The number of pyridine rings is 1. The monoisotopic (exact) mass is 411 g/mol. The van der Waals surface area contributed by atoms with Crippen LogP contribution in [0, 0.1) is 15.2 Å². The molecule has 1 N–H and O–H groups in total. The Labute approximate surface area is 137 Å². The smallest absolute Gasteiger partial charge is 0.335 e. The molecule has 0 unspecified atom stereocenters. The first-order valence-electron chi connectivity index (χ1n) is 6.25. The van der Waals surface area contributed by atoms with E-state index in [4.69, 9.17) is 5.11 Å². The van der Waals surface area contributed by atoms with Gasteiger partial charge in [-0.05, 0) is 46.9 Å². The number of aromatic carboxylic acids is 1. The molecule has 0 saturated heterocycles. The molecule has 0 atom stereocenters. The Kier molecular flexibility index (Phi) is 3.78. The van der Waals surface area contributed by atoms with Crippen molar-refractivity contribution >= 4 is 39.3 Å². The summed E-state index contributed by atoms with van der Waals surface area (Å²) in [5.74, 6) is -2.19. The zero-order valence-electron chi connectivity index (χ0n) is 11.0. The number of hydrogen-bond acceptors (Lipinski definition) is 2. The standard InChI is InChI=1S/C16H8F2INO2/c17-12-7-20-15(10-2-1-3-13(19)14(10)18)11-6-8(16(21)22)4-5-9(11)12/h1-7H,(H,21,22). The van der Waals surface area contributed by atoms with Crippen molar-refractivity contribution in [1.29, 1.82) is 0 Å². The summed E-state index contributed by atoms with van der Waals surface area (Å²) in [6.07, 6.45) is 1.01. The van der Waals surface area contributed by atoms with Gasteiger partial charge in [0.25, 0.3) is 0 Å². The first-order valence-corrected chi connectivity index (χ1v) is 7.33. The lowest BCUT2D eigenvalue weighted by molar-refractivity contribution is 0.0697. The lowest BCUT2D eigenvalue weighted by Gasteiger charge is -2.09. The van der Waals surface area contributed by atoms with Crippen LogP contribution in [-0.2, 0) is 0 Å². The van der Waals surface area contributed by atoms with Crippen molar-refractivity contribution in [1.82, 2.24) is 4.98 Å². The number of carboxylic acids is 1. The van der Waals surface area contributed by atoms with E-state index in [9.17, 15) is 13.6 Å². The van der Waals surface area contributed by atoms with Crippen molar-refractivity contribution in [3.63, 3.8) is 0 Å². The predicted octanol–water partition coefficient (Wildman–Crippen LogP) is 4.48. The van der Waals surface area contributed by atoms with Crippen molar-refractivity contribution in [2.24, 2.45) is 0 Å². The maximum atomic E-state index is 14.3. The molecule has 0 bridgehead atoms. The number of nitrogens with zero attached hydrogens (tertiary/aromatic N) is 1. The van der Waals surface area contributed by atoms with Crippen LogP contribution in [0.2, 0.25) is 0 Å². The Morgan fingerprint density at radius 3 is 2.64 bits per heavy atom. The lowest BCUT2D eigenvalue weighted by atomic mass is 10.0. The summed E-state index contributed by atoms with van der Waals surface area (Å²) in [5, 5.41) is 9.55. The Hall–Kier alpha value is -2.09. The molecule has 0 aliphatic carbocycles. The normalized spacial score (nSPS) is 10.9. The highest BCUT2D eigenvalue weighted by Crippen LogP contribution is 2.32. The first kappa shape index (κ1) is 14.8. The van der Waals surface area contributed by atoms with Gasteiger partial charge >= 0.3 is 5.97 Å². The van der Waals surface area contributed by atoms with Gasteiger partial charge in [-0.2, -0.15) is 0 Å². The molecule has 110 valence electrons. The summed E-state index contributed by atoms with van der Waals surface area (Å²) < 4.78 is 28.6. The third-order valence-electron chi connectivity index (χ3n) is 3.29. The number of rotatable bonds is 2. The fourth-order valence-electron chi connectivity index (χ4n) is 2.24. The van der Waals surface area contributed by atoms with E-state index in [0.717, 1.165) is 6.20 Å². The number of benzene rings is 2. The fraction of sp³-hybridized carbons (Fsp3) is 0. The summed E-state index contributed by atoms with van der Waals surface area (Å²) in [6, 6.07) is 8.78. The van der Waals surface area contributed by atoms with E-state index in [1.807, 2.05) is 22.6 Å². The number of halogens is 3. The summed E-state index contributed by atoms with van der Waals surface area (Å²) >= 11 is 1.85. The molecule has 22 heavy (non-hydrogen) atoms. The lowest BCUT2D eigenvalue weighted by Crippen LogP contribution is -1.98. The van der Waals surface area contributed by atoms with Gasteiger partial charge in [-0.25, -0.2) is 13.6 Å². The van der Waals surface area contributed by atoms with Crippen LogP contribution in [0.3, 0.4) is 0 Å². The van der Waals surface area contributed by atoms with Crippen LogP contribution in [-0.4, -0.2) is 16.1 Å². The van der Waals surface area contributed by atoms with Crippen molar-refractivity contribution < 1.29 is 18.7 Å². The van der Waals surface area contributed by atoms with Gasteiger partial charge in [0.1, 0.15) is 11.6 Å². The summed E-state index contributed by atoms with van der Waals surface area (Å²) in [7, 11) is 0. The zero-order valence-corrected chi connectivity index (χ0v) is 13.1. The van der Waals surface area contributed by atoms with Gasteiger partial charge in [0.2, 0.25) is 0 Å². The molecular weight excluding hydrogens is 403 g/mol. The minimum Gasteiger partial charge on any atom is -0.478 e. The first-order chi connectivity index (χ1) is 10.5. The van der Waals surface area contributed by atoms with E-state index in [2.05, 4.69) is 4.98 Å². The maximum Gasteiger partial charge on any atom is 0.335 e. The molecule has 0 fully saturated rings. The number of carbonyl (C=O) groups is 1. The van der Waals surface area contributed by atoms with Gasteiger partial charge < -0.3 is 5.11 Å². The van der Waals surface area contributed by atoms with Gasteiger partial charge in [0.05, 0.1) is 17.5 Å². The van der Waals surface area contributed by atoms with E-state index in [0.29, 0.717) is 3.57 Å². The van der Waals surface area contributed by atoms with Crippen LogP contribution in [0.4, 0.5) is 8.78 Å². The van der Waals surface area contributed by atoms with Crippen LogP contribution in [0.1, 0.15) is 10.4 Å². The van der Waals surface area contributed by atoms with Crippen molar-refractivity contribution in [2.75, 3.05) is 0 Å². The second-order valence-electron chi connectivity index (χ2n) is 4.62. The molecule has 6 heteroatoms. The number of carboxylic acid groups (broad SMARTS) is 1. The minimum absolute atomic E-state index is 0.00723. The highest BCUT2D eigenvalue weighted by Gasteiger charge is 2.16. The predicted molar refractivity (Wildman–Crippen MR) is 86.8 cm³/mol.